The minimum atomic E-state index is -0.474. The molecule has 2 aromatic rings. The molecule has 0 atom stereocenters. The summed E-state index contributed by atoms with van der Waals surface area (Å²) in [5.74, 6) is -1.84. The molecule has 0 fully saturated rings. The molecule has 0 spiro atoms. The Hall–Kier alpha value is -3.80. The number of hydrogen-bond donors (Lipinski definition) is 0. The molecule has 124 valence electrons. The molecule has 0 saturated heterocycles. The van der Waals surface area contributed by atoms with Crippen LogP contribution >= 0.6 is 0 Å². The Balaban J connectivity index is 1.56. The molecule has 3 aliphatic rings. The van der Waals surface area contributed by atoms with Crippen molar-refractivity contribution in [3.8, 4) is 0 Å². The van der Waals surface area contributed by atoms with Gasteiger partial charge >= 0.3 is 0 Å². The van der Waals surface area contributed by atoms with Crippen LogP contribution in [0.1, 0.15) is 31.8 Å². The fourth-order valence-electron chi connectivity index (χ4n) is 3.34. The first-order valence-corrected chi connectivity index (χ1v) is 7.96. The third-order valence-electron chi connectivity index (χ3n) is 4.71. The van der Waals surface area contributed by atoms with Crippen molar-refractivity contribution >= 4 is 47.2 Å². The number of carbonyl (C=O) groups excluding carboxylic acids is 4. The second kappa shape index (κ2) is 4.86. The zero-order valence-electron chi connectivity index (χ0n) is 13.3. The van der Waals surface area contributed by atoms with Crippen molar-refractivity contribution in [1.29, 1.82) is 0 Å². The Labute approximate surface area is 147 Å². The second-order valence-corrected chi connectivity index (χ2v) is 6.17. The highest BCUT2D eigenvalue weighted by atomic mass is 16.2. The molecule has 1 aliphatic carbocycles. The van der Waals surface area contributed by atoms with Crippen molar-refractivity contribution < 1.29 is 19.2 Å². The molecule has 6 nitrogen and oxygen atoms in total. The van der Waals surface area contributed by atoms with E-state index in [9.17, 15) is 19.2 Å². The molecule has 2 aliphatic heterocycles. The van der Waals surface area contributed by atoms with Crippen molar-refractivity contribution in [2.24, 2.45) is 0 Å². The maximum absolute atomic E-state index is 12.8. The summed E-state index contributed by atoms with van der Waals surface area (Å²) in [6.07, 6.45) is 6.20. The Morgan fingerprint density at radius 1 is 0.538 bits per heavy atom. The average Bonchev–Trinajstić information content (AvgIpc) is 3.06. The van der Waals surface area contributed by atoms with Gasteiger partial charge in [0.2, 0.25) is 0 Å². The van der Waals surface area contributed by atoms with Gasteiger partial charge in [-0.25, -0.2) is 9.80 Å². The quantitative estimate of drug-likeness (QED) is 0.670. The molecule has 0 N–H and O–H groups in total. The predicted octanol–water partition coefficient (Wildman–Crippen LogP) is 2.40. The van der Waals surface area contributed by atoms with Crippen molar-refractivity contribution in [3.05, 3.63) is 70.8 Å². The third kappa shape index (κ3) is 1.81. The number of carbonyl (C=O) groups is 4. The van der Waals surface area contributed by atoms with Crippen LogP contribution < -0.4 is 9.80 Å². The topological polar surface area (TPSA) is 74.8 Å². The molecule has 0 radical (unpaired) electrons. The van der Waals surface area contributed by atoms with Gasteiger partial charge in [0.05, 0.1) is 22.5 Å². The van der Waals surface area contributed by atoms with Crippen molar-refractivity contribution in [1.82, 2.24) is 0 Å². The molecule has 0 saturated carbocycles. The van der Waals surface area contributed by atoms with E-state index in [-0.39, 0.29) is 16.8 Å². The first kappa shape index (κ1) is 14.5. The van der Waals surface area contributed by atoms with E-state index in [1.807, 2.05) is 18.2 Å². The zero-order chi connectivity index (χ0) is 18.0. The maximum atomic E-state index is 12.8. The van der Waals surface area contributed by atoms with E-state index < -0.39 is 23.6 Å². The van der Waals surface area contributed by atoms with E-state index in [4.69, 9.17) is 0 Å². The lowest BCUT2D eigenvalue weighted by atomic mass is 9.97. The molecule has 2 heterocycles. The van der Waals surface area contributed by atoms with Gasteiger partial charge in [0.15, 0.2) is 0 Å². The monoisotopic (exact) mass is 342 g/mol. The normalized spacial score (nSPS) is 17.1. The molecule has 2 aromatic carbocycles. The number of imide groups is 2. The summed E-state index contributed by atoms with van der Waals surface area (Å²) in [4.78, 5) is 51.3. The van der Waals surface area contributed by atoms with E-state index in [0.29, 0.717) is 5.69 Å². The summed E-state index contributed by atoms with van der Waals surface area (Å²) in [5.41, 5.74) is 3.23. The van der Waals surface area contributed by atoms with Gasteiger partial charge in [-0.15, -0.1) is 0 Å². The van der Waals surface area contributed by atoms with E-state index >= 15 is 0 Å². The fraction of sp³-hybridized carbons (Fsp3) is 0. The van der Waals surface area contributed by atoms with Gasteiger partial charge in [-0.1, -0.05) is 18.2 Å². The molecule has 0 bridgehead atoms. The Morgan fingerprint density at radius 2 is 1.15 bits per heavy atom. The molecule has 0 aromatic heterocycles. The number of anilines is 2. The van der Waals surface area contributed by atoms with Crippen LogP contribution in [0.2, 0.25) is 0 Å². The van der Waals surface area contributed by atoms with Crippen LogP contribution in [0.25, 0.3) is 12.2 Å². The minimum absolute atomic E-state index is 0.179. The zero-order valence-corrected chi connectivity index (χ0v) is 13.3. The van der Waals surface area contributed by atoms with Gasteiger partial charge < -0.3 is 0 Å². The van der Waals surface area contributed by atoms with Crippen LogP contribution in [0.5, 0.6) is 0 Å². The number of benzene rings is 2. The van der Waals surface area contributed by atoms with E-state index in [1.54, 1.807) is 12.1 Å². The molecule has 4 amide bonds. The highest BCUT2D eigenvalue weighted by molar-refractivity contribution is 6.35. The highest BCUT2D eigenvalue weighted by Gasteiger charge is 2.38. The lowest BCUT2D eigenvalue weighted by Gasteiger charge is -2.18. The van der Waals surface area contributed by atoms with Crippen molar-refractivity contribution in [3.63, 3.8) is 0 Å². The molecule has 5 rings (SSSR count). The number of fused-ring (bicyclic) bond motifs is 2. The Kier molecular flexibility index (Phi) is 2.72. The maximum Gasteiger partial charge on any atom is 0.266 e. The summed E-state index contributed by atoms with van der Waals surface area (Å²) >= 11 is 0. The Morgan fingerprint density at radius 3 is 1.81 bits per heavy atom. The molecular weight excluding hydrogens is 332 g/mol. The summed E-state index contributed by atoms with van der Waals surface area (Å²) in [6, 6.07) is 9.76. The molecule has 0 unspecified atom stereocenters. The third-order valence-corrected chi connectivity index (χ3v) is 4.71. The van der Waals surface area contributed by atoms with Gasteiger partial charge in [0.25, 0.3) is 23.6 Å². The summed E-state index contributed by atoms with van der Waals surface area (Å²) < 4.78 is 0. The number of amides is 4. The molecule has 6 heteroatoms. The molecule has 26 heavy (non-hydrogen) atoms. The average molecular weight is 342 g/mol. The van der Waals surface area contributed by atoms with Crippen LogP contribution in [-0.2, 0) is 9.59 Å². The Bertz CT molecular complexity index is 1110. The van der Waals surface area contributed by atoms with Crippen LogP contribution in [0.4, 0.5) is 11.4 Å². The first-order valence-electron chi connectivity index (χ1n) is 7.96. The van der Waals surface area contributed by atoms with Crippen LogP contribution in [0.15, 0.2) is 48.6 Å². The largest absolute Gasteiger partial charge is 0.269 e. The van der Waals surface area contributed by atoms with E-state index in [2.05, 4.69) is 0 Å². The standard InChI is InChI=1S/C20H10N2O4/c23-17-7-8-18(24)21(17)14-5-6-15-16(10-14)20(26)22(19(15)25)13-4-3-11-1-2-12(11)9-13/h1-10H. The van der Waals surface area contributed by atoms with E-state index in [0.717, 1.165) is 20.9 Å². The number of hydrogen-bond acceptors (Lipinski definition) is 4. The summed E-state index contributed by atoms with van der Waals surface area (Å²) in [6.45, 7) is 0. The van der Waals surface area contributed by atoms with Crippen LogP contribution in [-0.4, -0.2) is 23.6 Å². The predicted molar refractivity (Wildman–Crippen MR) is 94.6 cm³/mol. The second-order valence-electron chi connectivity index (χ2n) is 6.17. The van der Waals surface area contributed by atoms with Gasteiger partial charge in [-0.3, -0.25) is 19.2 Å². The van der Waals surface area contributed by atoms with Crippen molar-refractivity contribution in [2.75, 3.05) is 9.80 Å². The smallest absolute Gasteiger partial charge is 0.266 e. The number of nitrogens with zero attached hydrogens (tertiary/aromatic N) is 2. The van der Waals surface area contributed by atoms with Gasteiger partial charge in [-0.05, 0) is 41.5 Å². The lowest BCUT2D eigenvalue weighted by molar-refractivity contribution is -0.119. The van der Waals surface area contributed by atoms with Crippen molar-refractivity contribution in [2.45, 2.75) is 0 Å². The summed E-state index contributed by atoms with van der Waals surface area (Å²) in [7, 11) is 0. The van der Waals surface area contributed by atoms with Gasteiger partial charge in [-0.2, -0.15) is 0 Å². The first-order chi connectivity index (χ1) is 12.5. The highest BCUT2D eigenvalue weighted by Crippen LogP contribution is 2.34. The van der Waals surface area contributed by atoms with E-state index in [1.165, 1.54) is 30.4 Å². The summed E-state index contributed by atoms with van der Waals surface area (Å²) in [5, 5.41) is 0. The SMILES string of the molecule is O=C1C=CC(=O)N1c1ccc2c(c1)C(=O)N(c1ccc3c(c1)C=C3)C2=O. The fourth-order valence-corrected chi connectivity index (χ4v) is 3.34. The van der Waals surface area contributed by atoms with Gasteiger partial charge in [0, 0.05) is 12.2 Å². The minimum Gasteiger partial charge on any atom is -0.269 e. The van der Waals surface area contributed by atoms with Crippen LogP contribution in [0, 0.1) is 0 Å². The lowest BCUT2D eigenvalue weighted by Crippen LogP contribution is -2.30. The molecular formula is C20H10N2O4. The van der Waals surface area contributed by atoms with Gasteiger partial charge in [0.1, 0.15) is 0 Å². The van der Waals surface area contributed by atoms with Crippen LogP contribution in [0.3, 0.4) is 0 Å². The number of rotatable bonds is 2.